The third-order valence-electron chi connectivity index (χ3n) is 3.05. The van der Waals surface area contributed by atoms with Gasteiger partial charge < -0.3 is 11.1 Å². The van der Waals surface area contributed by atoms with Gasteiger partial charge in [-0.05, 0) is 19.4 Å². The lowest BCUT2D eigenvalue weighted by molar-refractivity contribution is -0.122. The van der Waals surface area contributed by atoms with Crippen LogP contribution in [0, 0.1) is 0 Å². The van der Waals surface area contributed by atoms with Crippen LogP contribution in [0.2, 0.25) is 0 Å². The molecule has 4 nitrogen and oxygen atoms in total. The van der Waals surface area contributed by atoms with E-state index in [1.54, 1.807) is 0 Å². The lowest BCUT2D eigenvalue weighted by Gasteiger charge is -2.25. The largest absolute Gasteiger partial charge is 0.393 e. The van der Waals surface area contributed by atoms with Crippen molar-refractivity contribution in [3.63, 3.8) is 0 Å². The van der Waals surface area contributed by atoms with E-state index in [-0.39, 0.29) is 11.9 Å². The van der Waals surface area contributed by atoms with Gasteiger partial charge in [-0.25, -0.2) is 0 Å². The second-order valence-corrected chi connectivity index (χ2v) is 5.57. The number of thiocarbonyl (C=S) groups is 1. The quantitative estimate of drug-likeness (QED) is 0.716. The van der Waals surface area contributed by atoms with Crippen molar-refractivity contribution in [1.82, 2.24) is 10.2 Å². The summed E-state index contributed by atoms with van der Waals surface area (Å²) in [6.45, 7) is 5.76. The minimum absolute atomic E-state index is 0.0190. The number of carbonyl (C=O) groups excluding carboxylic acids is 1. The van der Waals surface area contributed by atoms with Gasteiger partial charge in [-0.3, -0.25) is 9.69 Å². The minimum atomic E-state index is 0.0190. The lowest BCUT2D eigenvalue weighted by Crippen LogP contribution is -2.41. The summed E-state index contributed by atoms with van der Waals surface area (Å²) < 4.78 is 0. The molecule has 0 atom stereocenters. The molecule has 110 valence electrons. The SMILES string of the molecule is CC(C)N(CCC(N)=S)CC(=O)NCc1ccccc1. The number of hydrogen-bond donors (Lipinski definition) is 2. The molecule has 0 aliphatic heterocycles. The van der Waals surface area contributed by atoms with Crippen LogP contribution in [-0.4, -0.2) is 34.9 Å². The zero-order valence-corrected chi connectivity index (χ0v) is 13.0. The maximum atomic E-state index is 12.0. The molecular formula is C15H23N3OS. The fourth-order valence-electron chi connectivity index (χ4n) is 1.81. The number of benzene rings is 1. The molecule has 1 aromatic carbocycles. The van der Waals surface area contributed by atoms with Gasteiger partial charge >= 0.3 is 0 Å². The number of amides is 1. The molecule has 0 aromatic heterocycles. The predicted molar refractivity (Wildman–Crippen MR) is 86.4 cm³/mol. The molecule has 1 amide bonds. The fraction of sp³-hybridized carbons (Fsp3) is 0.467. The predicted octanol–water partition coefficient (Wildman–Crippen LogP) is 1.69. The second kappa shape index (κ2) is 8.66. The monoisotopic (exact) mass is 293 g/mol. The molecule has 0 saturated heterocycles. The van der Waals surface area contributed by atoms with Crippen LogP contribution in [0.15, 0.2) is 30.3 Å². The summed E-state index contributed by atoms with van der Waals surface area (Å²) in [5, 5.41) is 2.93. The van der Waals surface area contributed by atoms with Gasteiger partial charge in [-0.2, -0.15) is 0 Å². The zero-order valence-electron chi connectivity index (χ0n) is 12.1. The molecule has 0 radical (unpaired) electrons. The topological polar surface area (TPSA) is 58.4 Å². The number of carbonyl (C=O) groups is 1. The highest BCUT2D eigenvalue weighted by Gasteiger charge is 2.13. The average molecular weight is 293 g/mol. The highest BCUT2D eigenvalue weighted by molar-refractivity contribution is 7.80. The smallest absolute Gasteiger partial charge is 0.234 e. The minimum Gasteiger partial charge on any atom is -0.393 e. The van der Waals surface area contributed by atoms with Crippen molar-refractivity contribution in [2.75, 3.05) is 13.1 Å². The summed E-state index contributed by atoms with van der Waals surface area (Å²) in [6.07, 6.45) is 0.638. The molecule has 1 rings (SSSR count). The van der Waals surface area contributed by atoms with E-state index in [2.05, 4.69) is 24.1 Å². The molecule has 1 aromatic rings. The van der Waals surface area contributed by atoms with Crippen LogP contribution in [0.5, 0.6) is 0 Å². The van der Waals surface area contributed by atoms with Crippen LogP contribution in [0.25, 0.3) is 0 Å². The first-order valence-corrected chi connectivity index (χ1v) is 7.23. The Morgan fingerprint density at radius 1 is 1.35 bits per heavy atom. The molecule has 0 heterocycles. The van der Waals surface area contributed by atoms with Crippen molar-refractivity contribution in [2.24, 2.45) is 5.73 Å². The summed E-state index contributed by atoms with van der Waals surface area (Å²) in [4.78, 5) is 14.5. The van der Waals surface area contributed by atoms with Gasteiger partial charge in [0.1, 0.15) is 0 Å². The fourth-order valence-corrected chi connectivity index (χ4v) is 1.90. The number of rotatable bonds is 8. The van der Waals surface area contributed by atoms with Gasteiger partial charge in [-0.15, -0.1) is 0 Å². The van der Waals surface area contributed by atoms with Gasteiger partial charge in [0, 0.05) is 25.6 Å². The van der Waals surface area contributed by atoms with Gasteiger partial charge in [0.25, 0.3) is 0 Å². The van der Waals surface area contributed by atoms with Gasteiger partial charge in [-0.1, -0.05) is 42.5 Å². The Balaban J connectivity index is 2.39. The Bertz CT molecular complexity index is 434. The van der Waals surface area contributed by atoms with E-state index in [1.807, 2.05) is 30.3 Å². The number of nitrogens with one attached hydrogen (secondary N) is 1. The van der Waals surface area contributed by atoms with Crippen molar-refractivity contribution in [1.29, 1.82) is 0 Å². The first-order chi connectivity index (χ1) is 9.49. The van der Waals surface area contributed by atoms with Crippen molar-refractivity contribution < 1.29 is 4.79 Å². The summed E-state index contributed by atoms with van der Waals surface area (Å²) >= 11 is 4.88. The molecule has 0 aliphatic rings. The highest BCUT2D eigenvalue weighted by Crippen LogP contribution is 2.01. The van der Waals surface area contributed by atoms with Crippen LogP contribution >= 0.6 is 12.2 Å². The molecule has 0 saturated carbocycles. The summed E-state index contributed by atoms with van der Waals surface area (Å²) in [7, 11) is 0. The van der Waals surface area contributed by atoms with E-state index in [1.165, 1.54) is 0 Å². The molecule has 5 heteroatoms. The van der Waals surface area contributed by atoms with Crippen LogP contribution in [0.1, 0.15) is 25.8 Å². The van der Waals surface area contributed by atoms with Gasteiger partial charge in [0.15, 0.2) is 0 Å². The molecule has 0 bridgehead atoms. The number of hydrogen-bond acceptors (Lipinski definition) is 3. The average Bonchev–Trinajstić information content (AvgIpc) is 2.41. The first kappa shape index (κ1) is 16.6. The lowest BCUT2D eigenvalue weighted by atomic mass is 10.2. The number of nitrogens with two attached hydrogens (primary N) is 1. The van der Waals surface area contributed by atoms with Gasteiger partial charge in [0.2, 0.25) is 5.91 Å². The molecular weight excluding hydrogens is 270 g/mol. The summed E-state index contributed by atoms with van der Waals surface area (Å²) in [5.41, 5.74) is 6.61. The first-order valence-electron chi connectivity index (χ1n) is 6.82. The third kappa shape index (κ3) is 6.63. The van der Waals surface area contributed by atoms with E-state index in [9.17, 15) is 4.79 Å². The van der Waals surface area contributed by atoms with Crippen LogP contribution < -0.4 is 11.1 Å². The van der Waals surface area contributed by atoms with Crippen molar-refractivity contribution in [3.8, 4) is 0 Å². The third-order valence-corrected chi connectivity index (χ3v) is 3.26. The summed E-state index contributed by atoms with van der Waals surface area (Å²) in [5.74, 6) is 0.0190. The molecule has 20 heavy (non-hydrogen) atoms. The Hall–Kier alpha value is -1.46. The van der Waals surface area contributed by atoms with E-state index in [4.69, 9.17) is 18.0 Å². The van der Waals surface area contributed by atoms with Crippen molar-refractivity contribution >= 4 is 23.1 Å². The Kier molecular flexibility index (Phi) is 7.18. The van der Waals surface area contributed by atoms with Crippen molar-refractivity contribution in [2.45, 2.75) is 32.9 Å². The van der Waals surface area contributed by atoms with Crippen LogP contribution in [0.4, 0.5) is 0 Å². The maximum Gasteiger partial charge on any atom is 0.234 e. The van der Waals surface area contributed by atoms with E-state index in [0.29, 0.717) is 31.0 Å². The standard InChI is InChI=1S/C15H23N3OS/c1-12(2)18(9-8-14(16)20)11-15(19)17-10-13-6-4-3-5-7-13/h3-7,12H,8-11H2,1-2H3,(H2,16,20)(H,17,19). The molecule has 3 N–H and O–H groups in total. The molecule has 0 unspecified atom stereocenters. The Labute approximate surface area is 126 Å². The van der Waals surface area contributed by atoms with Crippen LogP contribution in [0.3, 0.4) is 0 Å². The van der Waals surface area contributed by atoms with Crippen LogP contribution in [-0.2, 0) is 11.3 Å². The second-order valence-electron chi connectivity index (χ2n) is 5.04. The Morgan fingerprint density at radius 3 is 2.55 bits per heavy atom. The zero-order chi connectivity index (χ0) is 15.0. The van der Waals surface area contributed by atoms with E-state index < -0.39 is 0 Å². The summed E-state index contributed by atoms with van der Waals surface area (Å²) in [6, 6.07) is 10.2. The van der Waals surface area contributed by atoms with E-state index >= 15 is 0 Å². The molecule has 0 spiro atoms. The molecule has 0 fully saturated rings. The Morgan fingerprint density at radius 2 is 2.00 bits per heavy atom. The normalized spacial score (nSPS) is 10.8. The maximum absolute atomic E-state index is 12.0. The van der Waals surface area contributed by atoms with Crippen molar-refractivity contribution in [3.05, 3.63) is 35.9 Å². The highest BCUT2D eigenvalue weighted by atomic mass is 32.1. The van der Waals surface area contributed by atoms with Gasteiger partial charge in [0.05, 0.1) is 11.5 Å². The van der Waals surface area contributed by atoms with E-state index in [0.717, 1.165) is 5.56 Å². The number of nitrogens with zero attached hydrogens (tertiary/aromatic N) is 1. The molecule has 0 aliphatic carbocycles.